The molecule has 0 saturated heterocycles. The van der Waals surface area contributed by atoms with Gasteiger partial charge in [0.15, 0.2) is 0 Å². The molecule has 0 unspecified atom stereocenters. The van der Waals surface area contributed by atoms with Gasteiger partial charge in [0, 0.05) is 6.04 Å². The molecule has 1 heteroatoms. The third kappa shape index (κ3) is 1.51. The van der Waals surface area contributed by atoms with Gasteiger partial charge in [0.2, 0.25) is 0 Å². The largest absolute Gasteiger partial charge is 0.324 e. The van der Waals surface area contributed by atoms with E-state index in [0.717, 1.165) is 0 Å². The van der Waals surface area contributed by atoms with E-state index in [1.54, 1.807) is 0 Å². The van der Waals surface area contributed by atoms with Crippen molar-refractivity contribution < 1.29 is 0 Å². The summed E-state index contributed by atoms with van der Waals surface area (Å²) in [4.78, 5) is 0. The van der Waals surface area contributed by atoms with Crippen molar-refractivity contribution in [2.75, 3.05) is 0 Å². The molecule has 2 N–H and O–H groups in total. The van der Waals surface area contributed by atoms with Gasteiger partial charge in [0.05, 0.1) is 0 Å². The predicted octanol–water partition coefficient (Wildman–Crippen LogP) is 3.17. The molecule has 0 heterocycles. The maximum atomic E-state index is 5.95. The molecule has 2 rings (SSSR count). The summed E-state index contributed by atoms with van der Waals surface area (Å²) in [6, 6.07) is 12.9. The average Bonchev–Trinajstić information content (AvgIpc) is 2.16. The number of hydrogen-bond donors (Lipinski definition) is 1. The fourth-order valence-corrected chi connectivity index (χ4v) is 1.87. The molecule has 0 radical (unpaired) electrons. The molecule has 0 saturated carbocycles. The SMILES string of the molecule is Cc1cc([C@@H](C)N)c2ccccc2c1. The van der Waals surface area contributed by atoms with Crippen LogP contribution in [0, 0.1) is 6.92 Å². The summed E-state index contributed by atoms with van der Waals surface area (Å²) >= 11 is 0. The first-order valence-electron chi connectivity index (χ1n) is 4.93. The lowest BCUT2D eigenvalue weighted by molar-refractivity contribution is 0.825. The van der Waals surface area contributed by atoms with Gasteiger partial charge < -0.3 is 5.73 Å². The molecule has 14 heavy (non-hydrogen) atoms. The Bertz CT molecular complexity index is 458. The molecule has 0 aliphatic rings. The number of hydrogen-bond acceptors (Lipinski definition) is 1. The summed E-state index contributed by atoms with van der Waals surface area (Å²) in [5.74, 6) is 0. The van der Waals surface area contributed by atoms with Gasteiger partial charge in [-0.15, -0.1) is 0 Å². The van der Waals surface area contributed by atoms with Crippen molar-refractivity contribution >= 4 is 10.8 Å². The van der Waals surface area contributed by atoms with Crippen molar-refractivity contribution in [3.63, 3.8) is 0 Å². The molecule has 0 bridgehead atoms. The van der Waals surface area contributed by atoms with E-state index in [2.05, 4.69) is 43.3 Å². The summed E-state index contributed by atoms with van der Waals surface area (Å²) in [7, 11) is 0. The van der Waals surface area contributed by atoms with Crippen LogP contribution in [0.3, 0.4) is 0 Å². The lowest BCUT2D eigenvalue weighted by Gasteiger charge is -2.11. The van der Waals surface area contributed by atoms with Gasteiger partial charge in [-0.05, 0) is 30.2 Å². The fourth-order valence-electron chi connectivity index (χ4n) is 1.87. The smallest absolute Gasteiger partial charge is 0.0272 e. The Morgan fingerprint density at radius 3 is 2.57 bits per heavy atom. The van der Waals surface area contributed by atoms with Crippen LogP contribution >= 0.6 is 0 Å². The summed E-state index contributed by atoms with van der Waals surface area (Å²) in [5, 5.41) is 2.55. The molecule has 0 aliphatic heterocycles. The van der Waals surface area contributed by atoms with Gasteiger partial charge in [-0.1, -0.05) is 42.0 Å². The van der Waals surface area contributed by atoms with Gasteiger partial charge in [-0.25, -0.2) is 0 Å². The molecule has 0 aliphatic carbocycles. The minimum absolute atomic E-state index is 0.0970. The number of fused-ring (bicyclic) bond motifs is 1. The monoisotopic (exact) mass is 185 g/mol. The second kappa shape index (κ2) is 3.43. The molecule has 1 atom stereocenters. The summed E-state index contributed by atoms with van der Waals surface area (Å²) in [5.41, 5.74) is 8.46. The molecule has 2 aromatic carbocycles. The van der Waals surface area contributed by atoms with Crippen LogP contribution in [-0.2, 0) is 0 Å². The van der Waals surface area contributed by atoms with E-state index >= 15 is 0 Å². The first-order chi connectivity index (χ1) is 6.68. The molecule has 0 amide bonds. The highest BCUT2D eigenvalue weighted by Crippen LogP contribution is 2.24. The van der Waals surface area contributed by atoms with E-state index in [1.165, 1.54) is 21.9 Å². The topological polar surface area (TPSA) is 26.0 Å². The zero-order valence-corrected chi connectivity index (χ0v) is 8.62. The standard InChI is InChI=1S/C13H15N/c1-9-7-11-5-3-4-6-12(11)13(8-9)10(2)14/h3-8,10H,14H2,1-2H3/t10-/m1/s1. The third-order valence-electron chi connectivity index (χ3n) is 2.53. The highest BCUT2D eigenvalue weighted by molar-refractivity contribution is 5.86. The highest BCUT2D eigenvalue weighted by Gasteiger charge is 2.05. The summed E-state index contributed by atoms with van der Waals surface area (Å²) in [6.45, 7) is 4.14. The van der Waals surface area contributed by atoms with E-state index < -0.39 is 0 Å². The van der Waals surface area contributed by atoms with Gasteiger partial charge in [0.1, 0.15) is 0 Å². The maximum absolute atomic E-state index is 5.95. The lowest BCUT2D eigenvalue weighted by Crippen LogP contribution is -2.05. The highest BCUT2D eigenvalue weighted by atomic mass is 14.6. The van der Waals surface area contributed by atoms with Crippen molar-refractivity contribution in [2.24, 2.45) is 5.73 Å². The molecule has 1 nitrogen and oxygen atoms in total. The summed E-state index contributed by atoms with van der Waals surface area (Å²) in [6.07, 6.45) is 0. The van der Waals surface area contributed by atoms with Crippen molar-refractivity contribution in [1.29, 1.82) is 0 Å². The van der Waals surface area contributed by atoms with Gasteiger partial charge in [-0.3, -0.25) is 0 Å². The van der Waals surface area contributed by atoms with Crippen molar-refractivity contribution in [1.82, 2.24) is 0 Å². The van der Waals surface area contributed by atoms with E-state index in [0.29, 0.717) is 0 Å². The van der Waals surface area contributed by atoms with Crippen LogP contribution in [0.4, 0.5) is 0 Å². The number of rotatable bonds is 1. The van der Waals surface area contributed by atoms with Gasteiger partial charge >= 0.3 is 0 Å². The van der Waals surface area contributed by atoms with Crippen molar-refractivity contribution in [3.8, 4) is 0 Å². The minimum Gasteiger partial charge on any atom is -0.324 e. The van der Waals surface area contributed by atoms with E-state index in [9.17, 15) is 0 Å². The lowest BCUT2D eigenvalue weighted by atomic mass is 9.98. The zero-order valence-electron chi connectivity index (χ0n) is 8.62. The van der Waals surface area contributed by atoms with Crippen molar-refractivity contribution in [3.05, 3.63) is 47.5 Å². The Kier molecular flexibility index (Phi) is 2.26. The second-order valence-corrected chi connectivity index (χ2v) is 3.86. The molecular formula is C13H15N. The Hall–Kier alpha value is -1.34. The first-order valence-corrected chi connectivity index (χ1v) is 4.93. The summed E-state index contributed by atoms with van der Waals surface area (Å²) < 4.78 is 0. The van der Waals surface area contributed by atoms with Crippen LogP contribution in [-0.4, -0.2) is 0 Å². The zero-order chi connectivity index (χ0) is 10.1. The molecule has 72 valence electrons. The molecular weight excluding hydrogens is 170 g/mol. The quantitative estimate of drug-likeness (QED) is 0.725. The van der Waals surface area contributed by atoms with Crippen LogP contribution in [0.25, 0.3) is 10.8 Å². The van der Waals surface area contributed by atoms with Crippen molar-refractivity contribution in [2.45, 2.75) is 19.9 Å². The Labute approximate surface area is 84.5 Å². The van der Waals surface area contributed by atoms with Crippen LogP contribution in [0.5, 0.6) is 0 Å². The van der Waals surface area contributed by atoms with E-state index in [-0.39, 0.29) is 6.04 Å². The Morgan fingerprint density at radius 1 is 1.14 bits per heavy atom. The Balaban J connectivity index is 2.80. The second-order valence-electron chi connectivity index (χ2n) is 3.86. The van der Waals surface area contributed by atoms with E-state index in [4.69, 9.17) is 5.73 Å². The van der Waals surface area contributed by atoms with Crippen LogP contribution < -0.4 is 5.73 Å². The van der Waals surface area contributed by atoms with Crippen LogP contribution in [0.1, 0.15) is 24.1 Å². The fraction of sp³-hybridized carbons (Fsp3) is 0.231. The first kappa shape index (κ1) is 9.22. The molecule has 0 aromatic heterocycles. The number of aryl methyl sites for hydroxylation is 1. The number of benzene rings is 2. The van der Waals surface area contributed by atoms with E-state index in [1.807, 2.05) is 6.92 Å². The Morgan fingerprint density at radius 2 is 1.86 bits per heavy atom. The van der Waals surface area contributed by atoms with Gasteiger partial charge in [0.25, 0.3) is 0 Å². The minimum atomic E-state index is 0.0970. The van der Waals surface area contributed by atoms with Gasteiger partial charge in [-0.2, -0.15) is 0 Å². The molecule has 0 fully saturated rings. The number of nitrogens with two attached hydrogens (primary N) is 1. The normalized spacial score (nSPS) is 13.1. The van der Waals surface area contributed by atoms with Crippen LogP contribution in [0.2, 0.25) is 0 Å². The predicted molar refractivity (Wildman–Crippen MR) is 61.3 cm³/mol. The maximum Gasteiger partial charge on any atom is 0.0272 e. The third-order valence-corrected chi connectivity index (χ3v) is 2.53. The van der Waals surface area contributed by atoms with Crippen LogP contribution in [0.15, 0.2) is 36.4 Å². The molecule has 0 spiro atoms. The molecule has 2 aromatic rings. The average molecular weight is 185 g/mol.